The predicted octanol–water partition coefficient (Wildman–Crippen LogP) is 2.88. The Hall–Kier alpha value is -2.83. The topological polar surface area (TPSA) is 73.8 Å². The van der Waals surface area contributed by atoms with E-state index in [0.29, 0.717) is 11.1 Å². The zero-order valence-corrected chi connectivity index (χ0v) is 13.0. The fraction of sp³-hybridized carbons (Fsp3) is 0.250. The third kappa shape index (κ3) is 3.03. The third-order valence-electron chi connectivity index (χ3n) is 3.43. The van der Waals surface area contributed by atoms with Crippen LogP contribution in [0.15, 0.2) is 28.7 Å². The molecule has 0 aliphatic rings. The van der Waals surface area contributed by atoms with Crippen LogP contribution in [0.1, 0.15) is 27.6 Å². The highest BCUT2D eigenvalue weighted by atomic mass is 19.1. The normalized spacial score (nSPS) is 11.0. The molecule has 0 aliphatic heterocycles. The SMILES string of the molecule is Cc1cc(C)n(C(=O)Cc2nnc(-c3ccc(C)c(F)c3)o2)n1. The molecule has 118 valence electrons. The van der Waals surface area contributed by atoms with Gasteiger partial charge in [-0.15, -0.1) is 10.2 Å². The summed E-state index contributed by atoms with van der Waals surface area (Å²) >= 11 is 0. The molecule has 23 heavy (non-hydrogen) atoms. The fourth-order valence-corrected chi connectivity index (χ4v) is 2.25. The van der Waals surface area contributed by atoms with E-state index in [4.69, 9.17) is 4.42 Å². The van der Waals surface area contributed by atoms with Gasteiger partial charge in [0.2, 0.25) is 11.8 Å². The van der Waals surface area contributed by atoms with E-state index in [-0.39, 0.29) is 29.9 Å². The molecule has 0 bridgehead atoms. The highest BCUT2D eigenvalue weighted by Gasteiger charge is 2.16. The molecule has 2 aromatic heterocycles. The molecule has 0 radical (unpaired) electrons. The first-order chi connectivity index (χ1) is 10.9. The minimum Gasteiger partial charge on any atom is -0.420 e. The van der Waals surface area contributed by atoms with Gasteiger partial charge in [-0.1, -0.05) is 6.07 Å². The van der Waals surface area contributed by atoms with Crippen molar-refractivity contribution in [2.24, 2.45) is 0 Å². The van der Waals surface area contributed by atoms with Crippen LogP contribution in [0.25, 0.3) is 11.5 Å². The molecule has 2 heterocycles. The molecule has 0 saturated carbocycles. The lowest BCUT2D eigenvalue weighted by Crippen LogP contribution is -2.16. The van der Waals surface area contributed by atoms with Crippen molar-refractivity contribution in [2.75, 3.05) is 0 Å². The molecule has 3 rings (SSSR count). The summed E-state index contributed by atoms with van der Waals surface area (Å²) in [5, 5.41) is 11.8. The van der Waals surface area contributed by atoms with Gasteiger partial charge in [0, 0.05) is 11.3 Å². The molecule has 1 aromatic carbocycles. The second kappa shape index (κ2) is 5.75. The van der Waals surface area contributed by atoms with Gasteiger partial charge in [0.05, 0.1) is 5.69 Å². The van der Waals surface area contributed by atoms with Crippen LogP contribution in [-0.2, 0) is 6.42 Å². The Morgan fingerprint density at radius 3 is 2.65 bits per heavy atom. The average Bonchev–Trinajstić information content (AvgIpc) is 3.08. The minimum absolute atomic E-state index is 0.0662. The van der Waals surface area contributed by atoms with E-state index in [1.54, 1.807) is 26.0 Å². The first-order valence-corrected chi connectivity index (χ1v) is 7.09. The van der Waals surface area contributed by atoms with Crippen molar-refractivity contribution in [1.29, 1.82) is 0 Å². The summed E-state index contributed by atoms with van der Waals surface area (Å²) in [6, 6.07) is 6.47. The number of hydrogen-bond donors (Lipinski definition) is 0. The lowest BCUT2D eigenvalue weighted by molar-refractivity contribution is 0.0887. The summed E-state index contributed by atoms with van der Waals surface area (Å²) in [6.07, 6.45) is -0.0662. The summed E-state index contributed by atoms with van der Waals surface area (Å²) in [5.41, 5.74) is 2.52. The molecule has 0 aliphatic carbocycles. The predicted molar refractivity (Wildman–Crippen MR) is 80.5 cm³/mol. The molecule has 0 amide bonds. The van der Waals surface area contributed by atoms with E-state index in [1.165, 1.54) is 10.7 Å². The monoisotopic (exact) mass is 314 g/mol. The van der Waals surface area contributed by atoms with Gasteiger partial charge in [0.1, 0.15) is 12.2 Å². The van der Waals surface area contributed by atoms with E-state index in [2.05, 4.69) is 15.3 Å². The van der Waals surface area contributed by atoms with Crippen LogP contribution in [-0.4, -0.2) is 25.9 Å². The Kier molecular flexibility index (Phi) is 3.77. The summed E-state index contributed by atoms with van der Waals surface area (Å²) in [6.45, 7) is 5.28. The number of aryl methyl sites for hydroxylation is 3. The van der Waals surface area contributed by atoms with Crippen LogP contribution in [0.5, 0.6) is 0 Å². The van der Waals surface area contributed by atoms with E-state index >= 15 is 0 Å². The minimum atomic E-state index is -0.346. The third-order valence-corrected chi connectivity index (χ3v) is 3.43. The van der Waals surface area contributed by atoms with Crippen molar-refractivity contribution < 1.29 is 13.6 Å². The number of halogens is 1. The van der Waals surface area contributed by atoms with Gasteiger partial charge in [-0.25, -0.2) is 9.07 Å². The zero-order chi connectivity index (χ0) is 16.6. The Balaban J connectivity index is 1.80. The second-order valence-electron chi connectivity index (χ2n) is 5.37. The molecule has 3 aromatic rings. The fourth-order valence-electron chi connectivity index (χ4n) is 2.25. The number of rotatable bonds is 3. The smallest absolute Gasteiger partial charge is 0.256 e. The van der Waals surface area contributed by atoms with Gasteiger partial charge in [-0.2, -0.15) is 5.10 Å². The Morgan fingerprint density at radius 2 is 2.00 bits per heavy atom. The van der Waals surface area contributed by atoms with Crippen molar-refractivity contribution in [3.05, 3.63) is 52.9 Å². The van der Waals surface area contributed by atoms with Gasteiger partial charge in [0.25, 0.3) is 5.91 Å². The molecule has 6 nitrogen and oxygen atoms in total. The van der Waals surface area contributed by atoms with Gasteiger partial charge >= 0.3 is 0 Å². The molecule has 0 unspecified atom stereocenters. The number of benzene rings is 1. The Bertz CT molecular complexity index is 882. The van der Waals surface area contributed by atoms with Crippen molar-refractivity contribution in [3.63, 3.8) is 0 Å². The summed E-state index contributed by atoms with van der Waals surface area (Å²) < 4.78 is 20.4. The standard InChI is InChI=1S/C16H15FN4O2/c1-9-4-5-12(7-13(9)17)16-19-18-14(23-16)8-15(22)21-11(3)6-10(2)20-21/h4-7H,8H2,1-3H3. The highest BCUT2D eigenvalue weighted by molar-refractivity contribution is 5.80. The number of nitrogens with zero attached hydrogens (tertiary/aromatic N) is 4. The van der Waals surface area contributed by atoms with Gasteiger partial charge in [0.15, 0.2) is 0 Å². The average molecular weight is 314 g/mol. The molecule has 0 atom stereocenters. The molecular formula is C16H15FN4O2. The maximum Gasteiger partial charge on any atom is 0.256 e. The van der Waals surface area contributed by atoms with Crippen LogP contribution < -0.4 is 0 Å². The molecule has 0 N–H and O–H groups in total. The molecule has 7 heteroatoms. The van der Waals surface area contributed by atoms with Crippen LogP contribution in [0.3, 0.4) is 0 Å². The molecule has 0 spiro atoms. The highest BCUT2D eigenvalue weighted by Crippen LogP contribution is 2.20. The lowest BCUT2D eigenvalue weighted by atomic mass is 10.1. The van der Waals surface area contributed by atoms with E-state index in [9.17, 15) is 9.18 Å². The second-order valence-corrected chi connectivity index (χ2v) is 5.37. The summed E-state index contributed by atoms with van der Waals surface area (Å²) in [4.78, 5) is 12.2. The first kappa shape index (κ1) is 15.1. The number of hydrogen-bond acceptors (Lipinski definition) is 5. The van der Waals surface area contributed by atoms with Gasteiger partial charge in [-0.3, -0.25) is 4.79 Å². The maximum atomic E-state index is 13.6. The Labute approximate surface area is 132 Å². The van der Waals surface area contributed by atoms with Crippen molar-refractivity contribution >= 4 is 5.91 Å². The van der Waals surface area contributed by atoms with E-state index in [0.717, 1.165) is 11.4 Å². The van der Waals surface area contributed by atoms with Gasteiger partial charge < -0.3 is 4.42 Å². The maximum absolute atomic E-state index is 13.6. The number of carbonyl (C=O) groups is 1. The Morgan fingerprint density at radius 1 is 1.22 bits per heavy atom. The lowest BCUT2D eigenvalue weighted by Gasteiger charge is -2.00. The van der Waals surface area contributed by atoms with Crippen LogP contribution in [0.2, 0.25) is 0 Å². The van der Waals surface area contributed by atoms with Crippen molar-refractivity contribution in [3.8, 4) is 11.5 Å². The zero-order valence-electron chi connectivity index (χ0n) is 13.0. The van der Waals surface area contributed by atoms with E-state index < -0.39 is 0 Å². The van der Waals surface area contributed by atoms with Gasteiger partial charge in [-0.05, 0) is 44.5 Å². The van der Waals surface area contributed by atoms with Crippen molar-refractivity contribution in [2.45, 2.75) is 27.2 Å². The largest absolute Gasteiger partial charge is 0.420 e. The van der Waals surface area contributed by atoms with Crippen LogP contribution in [0, 0.1) is 26.6 Å². The summed E-state index contributed by atoms with van der Waals surface area (Å²) in [5.74, 6) is -0.263. The van der Waals surface area contributed by atoms with Crippen LogP contribution >= 0.6 is 0 Å². The molecule has 0 fully saturated rings. The molecule has 0 saturated heterocycles. The molecular weight excluding hydrogens is 299 g/mol. The van der Waals surface area contributed by atoms with Crippen LogP contribution in [0.4, 0.5) is 4.39 Å². The quantitative estimate of drug-likeness (QED) is 0.743. The van der Waals surface area contributed by atoms with E-state index in [1.807, 2.05) is 13.0 Å². The van der Waals surface area contributed by atoms with Crippen molar-refractivity contribution in [1.82, 2.24) is 20.0 Å². The summed E-state index contributed by atoms with van der Waals surface area (Å²) in [7, 11) is 0. The number of aromatic nitrogens is 4. The number of carbonyl (C=O) groups excluding carboxylic acids is 1. The first-order valence-electron chi connectivity index (χ1n) is 7.09.